The second kappa shape index (κ2) is 6.25. The molecule has 0 aliphatic rings. The first-order valence-electron chi connectivity index (χ1n) is 6.27. The van der Waals surface area contributed by atoms with Crippen LogP contribution in [0.15, 0.2) is 47.5 Å². The minimum Gasteiger partial charge on any atom is -0.493 e. The number of hydrogen-bond acceptors (Lipinski definition) is 4. The van der Waals surface area contributed by atoms with E-state index in [1.54, 1.807) is 26.6 Å². The zero-order valence-electron chi connectivity index (χ0n) is 11.6. The van der Waals surface area contributed by atoms with Crippen molar-refractivity contribution in [2.75, 3.05) is 14.2 Å². The van der Waals surface area contributed by atoms with Crippen molar-refractivity contribution in [3.05, 3.63) is 58.5 Å². The van der Waals surface area contributed by atoms with Gasteiger partial charge in [0, 0.05) is 37.1 Å². The summed E-state index contributed by atoms with van der Waals surface area (Å²) in [7, 11) is 3.19. The van der Waals surface area contributed by atoms with E-state index in [0.717, 1.165) is 5.56 Å². The molecule has 0 spiro atoms. The third kappa shape index (κ3) is 3.19. The van der Waals surface area contributed by atoms with E-state index in [2.05, 4.69) is 0 Å². The quantitative estimate of drug-likeness (QED) is 0.898. The average molecular weight is 274 g/mol. The van der Waals surface area contributed by atoms with Gasteiger partial charge in [-0.25, -0.2) is 0 Å². The van der Waals surface area contributed by atoms with Crippen LogP contribution in [0.4, 0.5) is 0 Å². The van der Waals surface area contributed by atoms with Crippen molar-refractivity contribution >= 4 is 0 Å². The fourth-order valence-corrected chi connectivity index (χ4v) is 1.98. The van der Waals surface area contributed by atoms with Crippen molar-refractivity contribution in [1.82, 2.24) is 4.57 Å². The van der Waals surface area contributed by atoms with E-state index in [1.807, 2.05) is 22.8 Å². The normalized spacial score (nSPS) is 11.9. The van der Waals surface area contributed by atoms with Gasteiger partial charge in [0.05, 0.1) is 14.2 Å². The van der Waals surface area contributed by atoms with Gasteiger partial charge < -0.3 is 19.8 Å². The lowest BCUT2D eigenvalue weighted by Crippen LogP contribution is -2.18. The lowest BCUT2D eigenvalue weighted by Gasteiger charge is -2.16. The van der Waals surface area contributed by atoms with Crippen LogP contribution in [0.25, 0.3) is 0 Å². The Morgan fingerprint density at radius 2 is 1.75 bits per heavy atom. The van der Waals surface area contributed by atoms with Crippen LogP contribution >= 0.6 is 0 Å². The maximum Gasteiger partial charge on any atom is 0.181 e. The summed E-state index contributed by atoms with van der Waals surface area (Å²) in [6.07, 6.45) is 3.45. The number of ether oxygens (including phenoxy) is 2. The van der Waals surface area contributed by atoms with Crippen molar-refractivity contribution in [1.29, 1.82) is 0 Å². The van der Waals surface area contributed by atoms with Crippen LogP contribution in [0.1, 0.15) is 11.6 Å². The Kier molecular flexibility index (Phi) is 4.42. The van der Waals surface area contributed by atoms with E-state index < -0.39 is 0 Å². The van der Waals surface area contributed by atoms with E-state index in [9.17, 15) is 4.79 Å². The van der Waals surface area contributed by atoms with Crippen LogP contribution in [0, 0.1) is 0 Å². The average Bonchev–Trinajstić information content (AvgIpc) is 2.48. The van der Waals surface area contributed by atoms with E-state index >= 15 is 0 Å². The number of hydrogen-bond donors (Lipinski definition) is 1. The van der Waals surface area contributed by atoms with Crippen molar-refractivity contribution < 1.29 is 9.47 Å². The summed E-state index contributed by atoms with van der Waals surface area (Å²) in [5, 5.41) is 0. The summed E-state index contributed by atoms with van der Waals surface area (Å²) in [5.41, 5.74) is 7.12. The van der Waals surface area contributed by atoms with Gasteiger partial charge in [-0.15, -0.1) is 0 Å². The Labute approximate surface area is 117 Å². The van der Waals surface area contributed by atoms with Crippen LogP contribution in [0.2, 0.25) is 0 Å². The van der Waals surface area contributed by atoms with Crippen molar-refractivity contribution in [2.45, 2.75) is 12.6 Å². The smallest absolute Gasteiger partial charge is 0.181 e. The van der Waals surface area contributed by atoms with Crippen LogP contribution in [-0.2, 0) is 6.54 Å². The molecule has 20 heavy (non-hydrogen) atoms. The number of nitrogens with zero attached hydrogens (tertiary/aromatic N) is 1. The van der Waals surface area contributed by atoms with Gasteiger partial charge >= 0.3 is 0 Å². The van der Waals surface area contributed by atoms with Crippen LogP contribution in [0.3, 0.4) is 0 Å². The van der Waals surface area contributed by atoms with E-state index in [1.165, 1.54) is 12.1 Å². The molecule has 0 amide bonds. The summed E-state index contributed by atoms with van der Waals surface area (Å²) in [6, 6.07) is 8.44. The van der Waals surface area contributed by atoms with E-state index in [4.69, 9.17) is 15.2 Å². The monoisotopic (exact) mass is 274 g/mol. The third-order valence-electron chi connectivity index (χ3n) is 3.10. The second-order valence-corrected chi connectivity index (χ2v) is 4.45. The summed E-state index contributed by atoms with van der Waals surface area (Å²) < 4.78 is 12.3. The molecule has 0 aliphatic heterocycles. The number of pyridine rings is 1. The van der Waals surface area contributed by atoms with E-state index in [0.29, 0.717) is 18.0 Å². The maximum atomic E-state index is 11.1. The lowest BCUT2D eigenvalue weighted by atomic mass is 10.1. The first kappa shape index (κ1) is 14.1. The highest BCUT2D eigenvalue weighted by atomic mass is 16.5. The molecular formula is C15H18N2O3. The van der Waals surface area contributed by atoms with Gasteiger partial charge in [-0.2, -0.15) is 0 Å². The first-order chi connectivity index (χ1) is 9.63. The Morgan fingerprint density at radius 1 is 1.10 bits per heavy atom. The molecule has 1 aromatic heterocycles. The molecule has 0 radical (unpaired) electrons. The molecule has 0 saturated carbocycles. The Balaban J connectivity index is 2.18. The van der Waals surface area contributed by atoms with Gasteiger partial charge in [-0.05, 0) is 17.7 Å². The Morgan fingerprint density at radius 3 is 2.35 bits per heavy atom. The lowest BCUT2D eigenvalue weighted by molar-refractivity contribution is 0.354. The molecule has 0 fully saturated rings. The molecular weight excluding hydrogens is 256 g/mol. The number of benzene rings is 1. The van der Waals surface area contributed by atoms with Crippen LogP contribution in [-0.4, -0.2) is 18.8 Å². The zero-order valence-corrected chi connectivity index (χ0v) is 11.6. The molecule has 2 rings (SSSR count). The maximum absolute atomic E-state index is 11.1. The van der Waals surface area contributed by atoms with E-state index in [-0.39, 0.29) is 11.5 Å². The standard InChI is InChI=1S/C15H18N2O3/c1-19-14-4-3-11(9-15(14)20-2)13(16)10-17-7-5-12(18)6-8-17/h3-9,13H,10,16H2,1-2H3. The number of aromatic nitrogens is 1. The van der Waals surface area contributed by atoms with Gasteiger partial charge in [-0.1, -0.05) is 6.07 Å². The van der Waals surface area contributed by atoms with Gasteiger partial charge in [0.25, 0.3) is 0 Å². The summed E-state index contributed by atoms with van der Waals surface area (Å²) in [6.45, 7) is 0.579. The Bertz CT molecular complexity index is 617. The molecule has 0 bridgehead atoms. The molecule has 1 heterocycles. The van der Waals surface area contributed by atoms with Gasteiger partial charge in [0.2, 0.25) is 0 Å². The number of methoxy groups -OCH3 is 2. The van der Waals surface area contributed by atoms with Crippen LogP contribution < -0.4 is 20.6 Å². The number of rotatable bonds is 5. The minimum absolute atomic E-state index is 0.0130. The fraction of sp³-hybridized carbons (Fsp3) is 0.267. The highest BCUT2D eigenvalue weighted by molar-refractivity contribution is 5.43. The molecule has 5 heteroatoms. The number of nitrogens with two attached hydrogens (primary N) is 1. The largest absolute Gasteiger partial charge is 0.493 e. The molecule has 0 aliphatic carbocycles. The predicted octanol–water partition coefficient (Wildman–Crippen LogP) is 1.57. The van der Waals surface area contributed by atoms with Gasteiger partial charge in [0.15, 0.2) is 16.9 Å². The molecule has 106 valence electrons. The Hall–Kier alpha value is -2.27. The molecule has 5 nitrogen and oxygen atoms in total. The third-order valence-corrected chi connectivity index (χ3v) is 3.10. The topological polar surface area (TPSA) is 66.5 Å². The molecule has 1 unspecified atom stereocenters. The zero-order chi connectivity index (χ0) is 14.5. The predicted molar refractivity (Wildman–Crippen MR) is 77.2 cm³/mol. The van der Waals surface area contributed by atoms with Crippen molar-refractivity contribution in [2.24, 2.45) is 5.73 Å². The minimum atomic E-state index is -0.197. The summed E-state index contributed by atoms with van der Waals surface area (Å²) in [5.74, 6) is 1.33. The van der Waals surface area contributed by atoms with Crippen molar-refractivity contribution in [3.63, 3.8) is 0 Å². The molecule has 2 N–H and O–H groups in total. The summed E-state index contributed by atoms with van der Waals surface area (Å²) >= 11 is 0. The van der Waals surface area contributed by atoms with Gasteiger partial charge in [-0.3, -0.25) is 4.79 Å². The molecule has 2 aromatic rings. The SMILES string of the molecule is COc1ccc(C(N)Cn2ccc(=O)cc2)cc1OC. The van der Waals surface area contributed by atoms with Gasteiger partial charge in [0.1, 0.15) is 0 Å². The molecule has 1 atom stereocenters. The highest BCUT2D eigenvalue weighted by Crippen LogP contribution is 2.29. The van der Waals surface area contributed by atoms with Crippen molar-refractivity contribution in [3.8, 4) is 11.5 Å². The molecule has 0 saturated heterocycles. The van der Waals surface area contributed by atoms with Crippen LogP contribution in [0.5, 0.6) is 11.5 Å². The second-order valence-electron chi connectivity index (χ2n) is 4.45. The fourth-order valence-electron chi connectivity index (χ4n) is 1.98. The first-order valence-corrected chi connectivity index (χ1v) is 6.27. The summed E-state index contributed by atoms with van der Waals surface area (Å²) in [4.78, 5) is 11.1. The molecule has 1 aromatic carbocycles. The highest BCUT2D eigenvalue weighted by Gasteiger charge is 2.10.